The minimum atomic E-state index is 0.944. The SMILES string of the molecule is CCCNC(C)=CC#N. The lowest BCUT2D eigenvalue weighted by molar-refractivity contribution is 0.770. The molecule has 0 saturated carbocycles. The third-order valence-electron chi connectivity index (χ3n) is 0.935. The Kier molecular flexibility index (Phi) is 4.61. The van der Waals surface area contributed by atoms with E-state index in [1.165, 1.54) is 6.08 Å². The highest BCUT2D eigenvalue weighted by atomic mass is 14.9. The number of allylic oxidation sites excluding steroid dienone is 2. The van der Waals surface area contributed by atoms with E-state index >= 15 is 0 Å². The van der Waals surface area contributed by atoms with E-state index in [-0.39, 0.29) is 0 Å². The van der Waals surface area contributed by atoms with Crippen molar-refractivity contribution in [1.29, 1.82) is 5.26 Å². The lowest BCUT2D eigenvalue weighted by Gasteiger charge is -2.00. The van der Waals surface area contributed by atoms with Crippen LogP contribution in [-0.2, 0) is 0 Å². The van der Waals surface area contributed by atoms with Gasteiger partial charge in [0.25, 0.3) is 0 Å². The number of nitrogens with zero attached hydrogens (tertiary/aromatic N) is 1. The number of nitrogens with one attached hydrogen (secondary N) is 1. The largest absolute Gasteiger partial charge is 0.388 e. The summed E-state index contributed by atoms with van der Waals surface area (Å²) < 4.78 is 0. The molecule has 0 radical (unpaired) electrons. The summed E-state index contributed by atoms with van der Waals surface area (Å²) >= 11 is 0. The summed E-state index contributed by atoms with van der Waals surface area (Å²) in [5.41, 5.74) is 0.944. The molecule has 0 saturated heterocycles. The molecule has 0 aromatic rings. The zero-order valence-corrected chi connectivity index (χ0v) is 5.94. The van der Waals surface area contributed by atoms with Crippen molar-refractivity contribution in [2.75, 3.05) is 6.54 Å². The van der Waals surface area contributed by atoms with Gasteiger partial charge in [-0.2, -0.15) is 5.26 Å². The van der Waals surface area contributed by atoms with Crippen LogP contribution in [-0.4, -0.2) is 6.54 Å². The first kappa shape index (κ1) is 8.03. The Hall–Kier alpha value is -0.970. The molecule has 0 amide bonds. The highest BCUT2D eigenvalue weighted by Gasteiger charge is 1.82. The van der Waals surface area contributed by atoms with Crippen molar-refractivity contribution in [2.45, 2.75) is 20.3 Å². The Balaban J connectivity index is 3.40. The molecule has 0 aliphatic heterocycles. The molecular weight excluding hydrogens is 112 g/mol. The van der Waals surface area contributed by atoms with E-state index in [1.54, 1.807) is 0 Å². The van der Waals surface area contributed by atoms with Crippen molar-refractivity contribution in [3.8, 4) is 6.07 Å². The first-order valence-electron chi connectivity index (χ1n) is 3.11. The monoisotopic (exact) mass is 124 g/mol. The Morgan fingerprint density at radius 2 is 2.44 bits per heavy atom. The molecule has 0 aromatic carbocycles. The number of hydrogen-bond donors (Lipinski definition) is 1. The van der Waals surface area contributed by atoms with Crippen LogP contribution in [0.1, 0.15) is 20.3 Å². The van der Waals surface area contributed by atoms with Crippen LogP contribution in [0.5, 0.6) is 0 Å². The maximum Gasteiger partial charge on any atom is 0.0930 e. The second-order valence-corrected chi connectivity index (χ2v) is 1.88. The predicted molar refractivity (Wildman–Crippen MR) is 37.7 cm³/mol. The van der Waals surface area contributed by atoms with Crippen molar-refractivity contribution >= 4 is 0 Å². The second kappa shape index (κ2) is 5.17. The van der Waals surface area contributed by atoms with Crippen LogP contribution in [0, 0.1) is 11.3 Å². The predicted octanol–water partition coefficient (Wildman–Crippen LogP) is 1.41. The second-order valence-electron chi connectivity index (χ2n) is 1.88. The molecule has 9 heavy (non-hydrogen) atoms. The molecule has 50 valence electrons. The average Bonchev–Trinajstić information content (AvgIpc) is 1.85. The molecule has 0 spiro atoms. The molecule has 1 N–H and O–H groups in total. The Morgan fingerprint density at radius 1 is 1.78 bits per heavy atom. The standard InChI is InChI=1S/C7H12N2/c1-3-6-9-7(2)4-5-8/h4,9H,3,6H2,1-2H3. The van der Waals surface area contributed by atoms with Gasteiger partial charge in [-0.05, 0) is 13.3 Å². The number of hydrogen-bond acceptors (Lipinski definition) is 2. The van der Waals surface area contributed by atoms with Crippen LogP contribution in [0.25, 0.3) is 0 Å². The third-order valence-corrected chi connectivity index (χ3v) is 0.935. The molecule has 0 rings (SSSR count). The fraction of sp³-hybridized carbons (Fsp3) is 0.571. The summed E-state index contributed by atoms with van der Waals surface area (Å²) in [5.74, 6) is 0. The summed E-state index contributed by atoms with van der Waals surface area (Å²) in [6.07, 6.45) is 2.60. The van der Waals surface area contributed by atoms with Crippen molar-refractivity contribution in [2.24, 2.45) is 0 Å². The molecule has 0 fully saturated rings. The normalized spacial score (nSPS) is 10.6. The van der Waals surface area contributed by atoms with Crippen LogP contribution in [0.3, 0.4) is 0 Å². The maximum absolute atomic E-state index is 8.17. The van der Waals surface area contributed by atoms with Crippen molar-refractivity contribution in [3.05, 3.63) is 11.8 Å². The smallest absolute Gasteiger partial charge is 0.0930 e. The lowest BCUT2D eigenvalue weighted by atomic mass is 10.4. The molecule has 2 heteroatoms. The van der Waals surface area contributed by atoms with Crippen LogP contribution >= 0.6 is 0 Å². The average molecular weight is 124 g/mol. The van der Waals surface area contributed by atoms with Gasteiger partial charge in [0.15, 0.2) is 0 Å². The Bertz CT molecular complexity index is 130. The molecule has 0 heterocycles. The molecule has 0 bridgehead atoms. The van der Waals surface area contributed by atoms with Gasteiger partial charge in [-0.15, -0.1) is 0 Å². The summed E-state index contributed by atoms with van der Waals surface area (Å²) in [6, 6.07) is 1.95. The van der Waals surface area contributed by atoms with Crippen molar-refractivity contribution < 1.29 is 0 Å². The van der Waals surface area contributed by atoms with E-state index in [2.05, 4.69) is 12.2 Å². The number of nitriles is 1. The van der Waals surface area contributed by atoms with Gasteiger partial charge < -0.3 is 5.32 Å². The summed E-state index contributed by atoms with van der Waals surface area (Å²) in [5, 5.41) is 11.2. The van der Waals surface area contributed by atoms with Gasteiger partial charge in [0.05, 0.1) is 6.07 Å². The van der Waals surface area contributed by atoms with E-state index in [9.17, 15) is 0 Å². The first-order chi connectivity index (χ1) is 4.31. The van der Waals surface area contributed by atoms with E-state index in [1.807, 2.05) is 13.0 Å². The highest BCUT2D eigenvalue weighted by molar-refractivity contribution is 5.09. The van der Waals surface area contributed by atoms with Gasteiger partial charge in [-0.3, -0.25) is 0 Å². The maximum atomic E-state index is 8.17. The topological polar surface area (TPSA) is 35.8 Å². The molecule has 0 aliphatic carbocycles. The van der Waals surface area contributed by atoms with Crippen LogP contribution < -0.4 is 5.32 Å². The minimum absolute atomic E-state index is 0.944. The van der Waals surface area contributed by atoms with Crippen molar-refractivity contribution in [3.63, 3.8) is 0 Å². The van der Waals surface area contributed by atoms with Gasteiger partial charge in [0, 0.05) is 18.3 Å². The Labute approximate surface area is 56.2 Å². The molecule has 0 aliphatic rings. The number of rotatable bonds is 3. The summed E-state index contributed by atoms with van der Waals surface area (Å²) in [6.45, 7) is 4.93. The minimum Gasteiger partial charge on any atom is -0.388 e. The molecule has 0 aromatic heterocycles. The molecule has 2 nitrogen and oxygen atoms in total. The molecule has 0 unspecified atom stereocenters. The van der Waals surface area contributed by atoms with Crippen molar-refractivity contribution in [1.82, 2.24) is 5.32 Å². The van der Waals surface area contributed by atoms with Gasteiger partial charge >= 0.3 is 0 Å². The molecular formula is C7H12N2. The summed E-state index contributed by atoms with van der Waals surface area (Å²) in [7, 11) is 0. The fourth-order valence-electron chi connectivity index (χ4n) is 0.470. The van der Waals surface area contributed by atoms with Crippen LogP contribution in [0.2, 0.25) is 0 Å². The van der Waals surface area contributed by atoms with E-state index in [0.29, 0.717) is 0 Å². The third kappa shape index (κ3) is 4.89. The van der Waals surface area contributed by atoms with Gasteiger partial charge in [-0.1, -0.05) is 6.92 Å². The van der Waals surface area contributed by atoms with E-state index in [4.69, 9.17) is 5.26 Å². The molecule has 0 atom stereocenters. The summed E-state index contributed by atoms with van der Waals surface area (Å²) in [4.78, 5) is 0. The van der Waals surface area contributed by atoms with Gasteiger partial charge in [0.2, 0.25) is 0 Å². The fourth-order valence-corrected chi connectivity index (χ4v) is 0.470. The zero-order valence-electron chi connectivity index (χ0n) is 5.94. The highest BCUT2D eigenvalue weighted by Crippen LogP contribution is 1.83. The zero-order chi connectivity index (χ0) is 7.11. The van der Waals surface area contributed by atoms with E-state index < -0.39 is 0 Å². The van der Waals surface area contributed by atoms with Crippen LogP contribution in [0.4, 0.5) is 0 Å². The quantitative estimate of drug-likeness (QED) is 0.577. The van der Waals surface area contributed by atoms with E-state index in [0.717, 1.165) is 18.7 Å². The van der Waals surface area contributed by atoms with Crippen LogP contribution in [0.15, 0.2) is 11.8 Å². The van der Waals surface area contributed by atoms with Gasteiger partial charge in [-0.25, -0.2) is 0 Å². The van der Waals surface area contributed by atoms with Gasteiger partial charge in [0.1, 0.15) is 0 Å². The first-order valence-corrected chi connectivity index (χ1v) is 3.11. The lowest BCUT2D eigenvalue weighted by Crippen LogP contribution is -2.10. The Morgan fingerprint density at radius 3 is 2.89 bits per heavy atom.